The normalized spacial score (nSPS) is 16.2. The van der Waals surface area contributed by atoms with E-state index in [0.29, 0.717) is 0 Å². The molecule has 2 heterocycles. The highest BCUT2D eigenvalue weighted by Crippen LogP contribution is 2.59. The summed E-state index contributed by atoms with van der Waals surface area (Å²) < 4.78 is 2.71. The second-order valence-corrected chi connectivity index (χ2v) is 26.0. The molecule has 0 saturated heterocycles. The maximum atomic E-state index is 4.24. The molecule has 71 heavy (non-hydrogen) atoms. The number of hydrogen-bond donors (Lipinski definition) is 1. The quantitative estimate of drug-likeness (QED) is 0.173. The molecule has 12 rings (SSSR count). The van der Waals surface area contributed by atoms with Crippen LogP contribution in [0.1, 0.15) is 129 Å². The molecule has 0 saturated carbocycles. The molecule has 0 atom stereocenters. The van der Waals surface area contributed by atoms with Gasteiger partial charge in [0.25, 0.3) is 0 Å². The first-order valence-electron chi connectivity index (χ1n) is 26.0. The summed E-state index contributed by atoms with van der Waals surface area (Å²) in [6, 6.07) is 58.5. The van der Waals surface area contributed by atoms with E-state index < -0.39 is 0 Å². The second kappa shape index (κ2) is 15.8. The van der Waals surface area contributed by atoms with Crippen molar-refractivity contribution in [1.82, 2.24) is 0 Å². The van der Waals surface area contributed by atoms with Crippen LogP contribution in [0.2, 0.25) is 0 Å². The van der Waals surface area contributed by atoms with Crippen LogP contribution in [-0.4, -0.2) is 7.28 Å². The fourth-order valence-corrected chi connectivity index (χ4v) is 13.7. The molecule has 3 aliphatic rings. The maximum absolute atomic E-state index is 4.24. The van der Waals surface area contributed by atoms with Crippen molar-refractivity contribution < 1.29 is 0 Å². The SMILES string of the molecule is CC(C)(C)c1ccc(Nc2c(-c3c4c(cc5ccccc35)N(c3ccc(C(C)(C)C)cc3-c3ccccc3)c3c(sc5ccccc35)B4)ccc3c2-c2cc4c(cc2C3(C)C)C(C)(C)CCC4(C)C)cc1. The monoisotopic (exact) mass is 943 g/mol. The molecule has 0 spiro atoms. The lowest BCUT2D eigenvalue weighted by Crippen LogP contribution is -2.39. The first kappa shape index (κ1) is 45.8. The highest BCUT2D eigenvalue weighted by Gasteiger charge is 2.44. The standard InChI is InChI=1S/C67H67BN2S/c1-63(2,3)42-26-29-44(30-27-42)69-60-47(31-32-50-58(60)49-38-52-53(39-51(49)67(50,11)12)66(9,10)35-34-65(52,7)8)57-45-23-17-16-22-41(45)36-55-59(57)68-62-61(46-24-18-19-25-56(46)71-62)70(55)54-33-28-43(64(4,5)6)37-48(54)40-20-14-13-15-21-40/h13-33,36-39,68-69H,34-35H2,1-12H3. The van der Waals surface area contributed by atoms with Gasteiger partial charge in [0.1, 0.15) is 0 Å². The van der Waals surface area contributed by atoms with Crippen molar-refractivity contribution in [2.24, 2.45) is 0 Å². The van der Waals surface area contributed by atoms with E-state index >= 15 is 0 Å². The molecule has 0 unspecified atom stereocenters. The van der Waals surface area contributed by atoms with Gasteiger partial charge in [-0.05, 0) is 148 Å². The number of thiophene rings is 1. The second-order valence-electron chi connectivity index (χ2n) is 24.9. The molecule has 2 nitrogen and oxygen atoms in total. The van der Waals surface area contributed by atoms with Crippen molar-refractivity contribution in [3.8, 4) is 33.4 Å². The Morgan fingerprint density at radius 1 is 0.521 bits per heavy atom. The van der Waals surface area contributed by atoms with E-state index in [2.05, 4.69) is 245 Å². The molecule has 8 aromatic carbocycles. The lowest BCUT2D eigenvalue weighted by molar-refractivity contribution is 0.331. The number of nitrogens with one attached hydrogen (secondary N) is 1. The molecule has 1 aromatic heterocycles. The van der Waals surface area contributed by atoms with Crippen LogP contribution in [0, 0.1) is 0 Å². The average Bonchev–Trinajstić information content (AvgIpc) is 3.82. The minimum atomic E-state index is -0.198. The number of anilines is 5. The van der Waals surface area contributed by atoms with Crippen molar-refractivity contribution in [3.05, 3.63) is 185 Å². The predicted molar refractivity (Wildman–Crippen MR) is 311 cm³/mol. The molecule has 9 aromatic rings. The Morgan fingerprint density at radius 3 is 1.86 bits per heavy atom. The molecular weight excluding hydrogens is 876 g/mol. The fraction of sp³-hybridized carbons (Fsp3) is 0.284. The Morgan fingerprint density at radius 2 is 1.15 bits per heavy atom. The Hall–Kier alpha value is -6.36. The van der Waals surface area contributed by atoms with E-state index in [0.717, 1.165) is 13.0 Å². The Kier molecular flexibility index (Phi) is 10.2. The van der Waals surface area contributed by atoms with Gasteiger partial charge in [0.2, 0.25) is 7.28 Å². The summed E-state index contributed by atoms with van der Waals surface area (Å²) in [6.07, 6.45) is 2.37. The van der Waals surface area contributed by atoms with Crippen LogP contribution >= 0.6 is 11.3 Å². The van der Waals surface area contributed by atoms with Crippen molar-refractivity contribution >= 4 is 78.2 Å². The molecule has 0 fully saturated rings. The molecule has 2 aliphatic carbocycles. The summed E-state index contributed by atoms with van der Waals surface area (Å²) >= 11 is 1.96. The molecule has 4 heteroatoms. The molecule has 0 amide bonds. The van der Waals surface area contributed by atoms with Gasteiger partial charge in [-0.1, -0.05) is 192 Å². The van der Waals surface area contributed by atoms with Gasteiger partial charge in [0.05, 0.1) is 17.1 Å². The zero-order valence-corrected chi connectivity index (χ0v) is 44.7. The first-order valence-corrected chi connectivity index (χ1v) is 26.8. The molecule has 1 aliphatic heterocycles. The van der Waals surface area contributed by atoms with Crippen molar-refractivity contribution in [1.29, 1.82) is 0 Å². The number of benzene rings is 8. The third-order valence-corrected chi connectivity index (χ3v) is 18.0. The Bertz CT molecular complexity index is 3630. The molecule has 354 valence electrons. The van der Waals surface area contributed by atoms with Gasteiger partial charge in [-0.2, -0.15) is 0 Å². The van der Waals surface area contributed by atoms with Crippen LogP contribution in [0.4, 0.5) is 28.4 Å². The third kappa shape index (κ3) is 7.25. The van der Waals surface area contributed by atoms with E-state index in [9.17, 15) is 0 Å². The van der Waals surface area contributed by atoms with Crippen LogP contribution in [0.15, 0.2) is 152 Å². The van der Waals surface area contributed by atoms with Gasteiger partial charge in [0, 0.05) is 43.6 Å². The molecule has 0 radical (unpaired) electrons. The minimum Gasteiger partial charge on any atom is -0.355 e. The maximum Gasteiger partial charge on any atom is 0.211 e. The van der Waals surface area contributed by atoms with E-state index in [-0.39, 0.29) is 27.1 Å². The Balaban J connectivity index is 1.18. The summed E-state index contributed by atoms with van der Waals surface area (Å²) in [6.45, 7) is 28.7. The number of rotatable bonds is 5. The lowest BCUT2D eigenvalue weighted by Gasteiger charge is -2.42. The number of hydrogen-bond acceptors (Lipinski definition) is 3. The molecule has 0 bridgehead atoms. The van der Waals surface area contributed by atoms with E-state index in [1.807, 2.05) is 11.3 Å². The van der Waals surface area contributed by atoms with Gasteiger partial charge in [0.15, 0.2) is 0 Å². The number of nitrogens with zero attached hydrogens (tertiary/aromatic N) is 1. The zero-order valence-electron chi connectivity index (χ0n) is 43.9. The van der Waals surface area contributed by atoms with Crippen molar-refractivity contribution in [2.75, 3.05) is 10.2 Å². The van der Waals surface area contributed by atoms with Gasteiger partial charge in [-0.15, -0.1) is 11.3 Å². The highest BCUT2D eigenvalue weighted by molar-refractivity contribution is 7.29. The highest BCUT2D eigenvalue weighted by atomic mass is 32.1. The Labute approximate surface area is 427 Å². The fourth-order valence-electron chi connectivity index (χ4n) is 12.5. The summed E-state index contributed by atoms with van der Waals surface area (Å²) in [5, 5.41) is 8.06. The van der Waals surface area contributed by atoms with E-state index in [1.165, 1.54) is 133 Å². The summed E-state index contributed by atoms with van der Waals surface area (Å²) in [5.41, 5.74) is 23.7. The summed E-state index contributed by atoms with van der Waals surface area (Å²) in [7, 11) is 0.830. The van der Waals surface area contributed by atoms with Gasteiger partial charge < -0.3 is 10.2 Å². The van der Waals surface area contributed by atoms with Gasteiger partial charge in [-0.3, -0.25) is 0 Å². The molecular formula is C67H67BN2S. The zero-order chi connectivity index (χ0) is 49.6. The summed E-state index contributed by atoms with van der Waals surface area (Å²) in [4.78, 5) is 2.65. The average molecular weight is 943 g/mol. The van der Waals surface area contributed by atoms with Crippen molar-refractivity contribution in [2.45, 2.75) is 123 Å². The first-order chi connectivity index (χ1) is 33.7. The topological polar surface area (TPSA) is 15.3 Å². The minimum absolute atomic E-state index is 0.0199. The predicted octanol–water partition coefficient (Wildman–Crippen LogP) is 17.6. The third-order valence-electron chi connectivity index (χ3n) is 16.9. The summed E-state index contributed by atoms with van der Waals surface area (Å²) in [5.74, 6) is 0. The van der Waals surface area contributed by atoms with Crippen LogP contribution in [-0.2, 0) is 27.1 Å². The van der Waals surface area contributed by atoms with E-state index in [4.69, 9.17) is 0 Å². The van der Waals surface area contributed by atoms with Gasteiger partial charge in [-0.25, -0.2) is 0 Å². The van der Waals surface area contributed by atoms with Crippen LogP contribution in [0.5, 0.6) is 0 Å². The van der Waals surface area contributed by atoms with Gasteiger partial charge >= 0.3 is 0 Å². The van der Waals surface area contributed by atoms with Crippen LogP contribution in [0.3, 0.4) is 0 Å². The largest absolute Gasteiger partial charge is 0.355 e. The number of fused-ring (bicyclic) bond motifs is 9. The van der Waals surface area contributed by atoms with E-state index in [1.54, 1.807) is 0 Å². The van der Waals surface area contributed by atoms with Crippen molar-refractivity contribution in [3.63, 3.8) is 0 Å². The smallest absolute Gasteiger partial charge is 0.211 e. The van der Waals surface area contributed by atoms with Crippen LogP contribution in [0.25, 0.3) is 54.2 Å². The lowest BCUT2D eigenvalue weighted by atomic mass is 9.61. The molecule has 1 N–H and O–H groups in total. The van der Waals surface area contributed by atoms with Crippen LogP contribution < -0.4 is 20.5 Å².